The van der Waals surface area contributed by atoms with Gasteiger partial charge in [-0.25, -0.2) is 0 Å². The van der Waals surface area contributed by atoms with Crippen LogP contribution < -0.4 is 0 Å². The van der Waals surface area contributed by atoms with Crippen LogP contribution in [0.5, 0.6) is 0 Å². The van der Waals surface area contributed by atoms with Gasteiger partial charge >= 0.3 is 13.1 Å². The van der Waals surface area contributed by atoms with Gasteiger partial charge in [0.05, 0.1) is 12.5 Å². The van der Waals surface area contributed by atoms with E-state index in [1.807, 2.05) is 6.92 Å². The van der Waals surface area contributed by atoms with Crippen molar-refractivity contribution in [1.29, 1.82) is 0 Å². The summed E-state index contributed by atoms with van der Waals surface area (Å²) in [7, 11) is -0.789. The predicted molar refractivity (Wildman–Crippen MR) is 43.8 cm³/mol. The minimum Gasteiger partial charge on any atom is -0.481 e. The molecule has 1 aliphatic rings. The molecule has 4 nitrogen and oxygen atoms in total. The second kappa shape index (κ2) is 3.91. The predicted octanol–water partition coefficient (Wildman–Crippen LogP) is 0.511. The van der Waals surface area contributed by atoms with Crippen LogP contribution in [0.4, 0.5) is 0 Å². The van der Waals surface area contributed by atoms with E-state index in [0.29, 0.717) is 0 Å². The summed E-state index contributed by atoms with van der Waals surface area (Å²) in [5.41, 5.74) is 0. The number of carboxylic acids is 1. The molecule has 0 aliphatic carbocycles. The molecule has 0 amide bonds. The third kappa shape index (κ3) is 2.50. The first-order chi connectivity index (χ1) is 5.59. The Morgan fingerprint density at radius 2 is 2.33 bits per heavy atom. The summed E-state index contributed by atoms with van der Waals surface area (Å²) in [4.78, 5) is 10.3. The minimum atomic E-state index is -0.873. The maximum atomic E-state index is 10.3. The molecule has 0 aromatic carbocycles. The van der Waals surface area contributed by atoms with Crippen molar-refractivity contribution < 1.29 is 19.6 Å². The van der Waals surface area contributed by atoms with Crippen molar-refractivity contribution in [1.82, 2.24) is 0 Å². The van der Waals surface area contributed by atoms with E-state index in [2.05, 4.69) is 0 Å². The van der Waals surface area contributed by atoms with Gasteiger partial charge in [0, 0.05) is 0 Å². The van der Waals surface area contributed by atoms with E-state index in [1.54, 1.807) is 0 Å². The maximum absolute atomic E-state index is 10.3. The van der Waals surface area contributed by atoms with E-state index >= 15 is 0 Å². The van der Waals surface area contributed by atoms with Gasteiger partial charge in [-0.05, 0) is 18.7 Å². The second-order valence-corrected chi connectivity index (χ2v) is 3.30. The average Bonchev–Trinajstić information content (AvgIpc) is 1.96. The van der Waals surface area contributed by atoms with Crippen LogP contribution in [-0.2, 0) is 9.45 Å². The van der Waals surface area contributed by atoms with Gasteiger partial charge in [-0.1, -0.05) is 6.92 Å². The normalized spacial score (nSPS) is 30.3. The number of carbonyl (C=O) groups is 1. The van der Waals surface area contributed by atoms with Gasteiger partial charge < -0.3 is 14.8 Å². The maximum Gasteiger partial charge on any atom is 0.457 e. The van der Waals surface area contributed by atoms with E-state index in [4.69, 9.17) is 9.76 Å². The molecular weight excluding hydrogens is 159 g/mol. The number of hydrogen-bond acceptors (Lipinski definition) is 3. The summed E-state index contributed by atoms with van der Waals surface area (Å²) >= 11 is 0. The van der Waals surface area contributed by atoms with Crippen LogP contribution in [0.25, 0.3) is 0 Å². The molecule has 0 aromatic rings. The van der Waals surface area contributed by atoms with Crippen LogP contribution in [0, 0.1) is 0 Å². The van der Waals surface area contributed by atoms with E-state index in [-0.39, 0.29) is 18.3 Å². The lowest BCUT2D eigenvalue weighted by atomic mass is 9.68. The monoisotopic (exact) mass is 172 g/mol. The summed E-state index contributed by atoms with van der Waals surface area (Å²) < 4.78 is 5.08. The van der Waals surface area contributed by atoms with Gasteiger partial charge in [0.1, 0.15) is 0 Å². The molecule has 0 radical (unpaired) electrons. The Morgan fingerprint density at radius 3 is 2.83 bits per heavy atom. The molecule has 1 rings (SSSR count). The second-order valence-electron chi connectivity index (χ2n) is 3.30. The number of carboxylic acid groups (broad SMARTS) is 1. The molecule has 1 unspecified atom stereocenters. The van der Waals surface area contributed by atoms with Crippen LogP contribution in [0.1, 0.15) is 26.2 Å². The summed E-state index contributed by atoms with van der Waals surface area (Å²) in [6, 6.07) is 0. The molecule has 0 bridgehead atoms. The fourth-order valence-electron chi connectivity index (χ4n) is 1.34. The third-order valence-corrected chi connectivity index (χ3v) is 2.16. The number of aliphatic carboxylic acids is 1. The minimum absolute atomic E-state index is 0.0101. The zero-order valence-corrected chi connectivity index (χ0v) is 7.06. The molecule has 0 saturated carbocycles. The third-order valence-electron chi connectivity index (χ3n) is 2.16. The van der Waals surface area contributed by atoms with Gasteiger partial charge in [0.15, 0.2) is 0 Å². The first-order valence-electron chi connectivity index (χ1n) is 4.15. The van der Waals surface area contributed by atoms with Gasteiger partial charge in [-0.3, -0.25) is 4.79 Å². The van der Waals surface area contributed by atoms with E-state index in [0.717, 1.165) is 12.8 Å². The Kier molecular flexibility index (Phi) is 3.11. The number of hydrogen-bond donors (Lipinski definition) is 2. The highest BCUT2D eigenvalue weighted by atomic mass is 16.5. The smallest absolute Gasteiger partial charge is 0.457 e. The molecule has 0 spiro atoms. The molecule has 1 heterocycles. The van der Waals surface area contributed by atoms with Crippen LogP contribution in [0.15, 0.2) is 0 Å². The highest BCUT2D eigenvalue weighted by Gasteiger charge is 2.32. The molecular formula is C7H13BO4. The van der Waals surface area contributed by atoms with Crippen LogP contribution in [-0.4, -0.2) is 29.3 Å². The first kappa shape index (κ1) is 9.54. The van der Waals surface area contributed by atoms with E-state index in [1.165, 1.54) is 0 Å². The van der Waals surface area contributed by atoms with E-state index in [9.17, 15) is 9.82 Å². The quantitative estimate of drug-likeness (QED) is 0.595. The molecule has 12 heavy (non-hydrogen) atoms. The summed E-state index contributed by atoms with van der Waals surface area (Å²) in [5.74, 6) is -0.753. The fourth-order valence-corrected chi connectivity index (χ4v) is 1.34. The zero-order chi connectivity index (χ0) is 9.14. The van der Waals surface area contributed by atoms with Gasteiger partial charge in [0.25, 0.3) is 0 Å². The Hall–Kier alpha value is -0.545. The lowest BCUT2D eigenvalue weighted by Crippen LogP contribution is -2.35. The molecule has 5 heteroatoms. The lowest BCUT2D eigenvalue weighted by Gasteiger charge is -2.27. The zero-order valence-electron chi connectivity index (χ0n) is 7.06. The molecule has 1 aliphatic heterocycles. The highest BCUT2D eigenvalue weighted by molar-refractivity contribution is 6.44. The molecule has 1 fully saturated rings. The van der Waals surface area contributed by atoms with E-state index < -0.39 is 13.1 Å². The van der Waals surface area contributed by atoms with Gasteiger partial charge in [0.2, 0.25) is 0 Å². The largest absolute Gasteiger partial charge is 0.481 e. The molecule has 2 atom stereocenters. The van der Waals surface area contributed by atoms with Crippen molar-refractivity contribution in [2.45, 2.75) is 38.1 Å². The first-order valence-corrected chi connectivity index (χ1v) is 4.15. The van der Waals surface area contributed by atoms with Crippen molar-refractivity contribution in [2.75, 3.05) is 0 Å². The average molecular weight is 172 g/mol. The van der Waals surface area contributed by atoms with Crippen LogP contribution in [0.3, 0.4) is 0 Å². The van der Waals surface area contributed by atoms with Crippen LogP contribution >= 0.6 is 0 Å². The number of rotatable bonds is 2. The Morgan fingerprint density at radius 1 is 1.67 bits per heavy atom. The fraction of sp³-hybridized carbons (Fsp3) is 0.857. The molecule has 68 valence electrons. The Bertz CT molecular complexity index is 173. The van der Waals surface area contributed by atoms with Crippen molar-refractivity contribution in [3.05, 3.63) is 0 Å². The summed E-state index contributed by atoms with van der Waals surface area (Å²) in [6.07, 6.45) is 1.24. The summed E-state index contributed by atoms with van der Waals surface area (Å²) in [5, 5.41) is 17.7. The van der Waals surface area contributed by atoms with Crippen molar-refractivity contribution in [3.8, 4) is 0 Å². The Balaban J connectivity index is 2.35. The highest BCUT2D eigenvalue weighted by Crippen LogP contribution is 2.26. The van der Waals surface area contributed by atoms with Crippen molar-refractivity contribution >= 4 is 13.1 Å². The molecule has 2 N–H and O–H groups in total. The van der Waals surface area contributed by atoms with Crippen LogP contribution in [0.2, 0.25) is 5.82 Å². The Labute approximate surface area is 71.7 Å². The van der Waals surface area contributed by atoms with Crippen molar-refractivity contribution in [2.24, 2.45) is 0 Å². The SMILES string of the molecule is C[C@H]1CCC(CC(=O)O)OB1O. The van der Waals surface area contributed by atoms with Gasteiger partial charge in [-0.2, -0.15) is 0 Å². The van der Waals surface area contributed by atoms with Crippen molar-refractivity contribution in [3.63, 3.8) is 0 Å². The molecule has 0 aromatic heterocycles. The standard InChI is InChI=1S/C7H13BO4/c1-5-2-3-6(4-7(9)10)12-8(5)11/h5-6,11H,2-4H2,1H3,(H,9,10)/t5-,6?/m0/s1. The van der Waals surface area contributed by atoms with Gasteiger partial charge in [-0.15, -0.1) is 0 Å². The lowest BCUT2D eigenvalue weighted by molar-refractivity contribution is -0.139. The molecule has 1 saturated heterocycles. The topological polar surface area (TPSA) is 66.8 Å². The summed E-state index contributed by atoms with van der Waals surface area (Å²) in [6.45, 7) is 1.89.